The van der Waals surface area contributed by atoms with Gasteiger partial charge in [0.15, 0.2) is 0 Å². The van der Waals surface area contributed by atoms with Crippen molar-refractivity contribution in [2.75, 3.05) is 39.4 Å². The molecular weight excluding hydrogens is 360 g/mol. The molecule has 0 fully saturated rings. The monoisotopic (exact) mass is 394 g/mol. The second kappa shape index (κ2) is 10.9. The molecule has 0 aliphatic carbocycles. The van der Waals surface area contributed by atoms with E-state index in [9.17, 15) is 0 Å². The molecule has 2 atom stereocenters. The molecule has 0 aromatic heterocycles. The Morgan fingerprint density at radius 1 is 0.655 bits per heavy atom. The van der Waals surface area contributed by atoms with Gasteiger partial charge in [-0.05, 0) is 61.0 Å². The lowest BCUT2D eigenvalue weighted by molar-refractivity contribution is 0.0424. The molecular formula is C25H34N2O2. The van der Waals surface area contributed by atoms with E-state index in [4.69, 9.17) is 9.47 Å². The zero-order chi connectivity index (χ0) is 19.7. The van der Waals surface area contributed by atoms with Crippen LogP contribution in [0.15, 0.2) is 48.5 Å². The van der Waals surface area contributed by atoms with E-state index in [0.717, 1.165) is 52.2 Å². The minimum Gasteiger partial charge on any atom is -0.372 e. The van der Waals surface area contributed by atoms with Crippen LogP contribution in [0.2, 0.25) is 0 Å². The van der Waals surface area contributed by atoms with Gasteiger partial charge in [-0.3, -0.25) is 0 Å². The quantitative estimate of drug-likeness (QED) is 0.599. The molecule has 0 radical (unpaired) electrons. The van der Waals surface area contributed by atoms with Crippen LogP contribution in [-0.2, 0) is 22.3 Å². The highest BCUT2D eigenvalue weighted by molar-refractivity contribution is 5.32. The van der Waals surface area contributed by atoms with E-state index in [0.29, 0.717) is 0 Å². The molecule has 0 saturated heterocycles. The van der Waals surface area contributed by atoms with Crippen molar-refractivity contribution in [3.8, 4) is 0 Å². The highest BCUT2D eigenvalue weighted by atomic mass is 16.5. The first kappa shape index (κ1) is 20.5. The van der Waals surface area contributed by atoms with Crippen LogP contribution in [0.5, 0.6) is 0 Å². The van der Waals surface area contributed by atoms with Gasteiger partial charge >= 0.3 is 0 Å². The number of rotatable bonds is 10. The summed E-state index contributed by atoms with van der Waals surface area (Å²) in [5.41, 5.74) is 5.62. The van der Waals surface area contributed by atoms with Gasteiger partial charge in [0.05, 0.1) is 25.4 Å². The molecule has 4 rings (SSSR count). The molecule has 0 amide bonds. The van der Waals surface area contributed by atoms with Crippen molar-refractivity contribution < 1.29 is 9.47 Å². The number of unbranched alkanes of at least 4 members (excludes halogenated alkanes) is 2. The molecule has 4 heteroatoms. The van der Waals surface area contributed by atoms with Gasteiger partial charge in [0, 0.05) is 13.1 Å². The van der Waals surface area contributed by atoms with Crippen LogP contribution < -0.4 is 10.6 Å². The average molecular weight is 395 g/mol. The second-order valence-corrected chi connectivity index (χ2v) is 8.09. The summed E-state index contributed by atoms with van der Waals surface area (Å²) in [4.78, 5) is 0. The van der Waals surface area contributed by atoms with Gasteiger partial charge in [-0.1, -0.05) is 55.0 Å². The largest absolute Gasteiger partial charge is 0.372 e. The van der Waals surface area contributed by atoms with Crippen LogP contribution in [0, 0.1) is 0 Å². The number of hydrogen-bond donors (Lipinski definition) is 2. The molecule has 29 heavy (non-hydrogen) atoms. The van der Waals surface area contributed by atoms with Crippen LogP contribution in [0.3, 0.4) is 0 Å². The van der Waals surface area contributed by atoms with Crippen molar-refractivity contribution in [1.82, 2.24) is 10.6 Å². The lowest BCUT2D eigenvalue weighted by Crippen LogP contribution is -2.29. The number of ether oxygens (including phenoxy) is 2. The van der Waals surface area contributed by atoms with Crippen molar-refractivity contribution in [3.63, 3.8) is 0 Å². The highest BCUT2D eigenvalue weighted by Gasteiger charge is 2.20. The Labute approximate surface area is 175 Å². The van der Waals surface area contributed by atoms with Crippen molar-refractivity contribution >= 4 is 0 Å². The molecule has 0 spiro atoms. The van der Waals surface area contributed by atoms with E-state index >= 15 is 0 Å². The SMILES string of the molecule is c1ccc2c(c1)CCO[C@@H]2CNCCCCCNC[C@H]1OCCc2ccccc21. The van der Waals surface area contributed by atoms with Crippen LogP contribution in [0.25, 0.3) is 0 Å². The first-order chi connectivity index (χ1) is 14.4. The second-order valence-electron chi connectivity index (χ2n) is 8.09. The summed E-state index contributed by atoms with van der Waals surface area (Å²) in [6.45, 7) is 5.61. The first-order valence-corrected chi connectivity index (χ1v) is 11.2. The Morgan fingerprint density at radius 2 is 1.14 bits per heavy atom. The predicted molar refractivity (Wildman–Crippen MR) is 117 cm³/mol. The fraction of sp³-hybridized carbons (Fsp3) is 0.520. The standard InChI is InChI=1S/C25H34N2O2/c1(6-14-26-18-24-22-10-4-2-8-20(22)12-16-28-24)7-15-27-19-25-23-11-5-3-9-21(23)13-17-29-25/h2-5,8-11,24-27H,1,6-7,12-19H2/t24-,25-/m1/s1. The van der Waals surface area contributed by atoms with Crippen LogP contribution in [0.4, 0.5) is 0 Å². The summed E-state index contributed by atoms with van der Waals surface area (Å²) in [5.74, 6) is 0. The molecule has 2 aliphatic rings. The molecule has 0 bridgehead atoms. The molecule has 0 saturated carbocycles. The fourth-order valence-corrected chi connectivity index (χ4v) is 4.43. The highest BCUT2D eigenvalue weighted by Crippen LogP contribution is 2.27. The number of nitrogens with one attached hydrogen (secondary N) is 2. The van der Waals surface area contributed by atoms with Gasteiger partial charge in [-0.15, -0.1) is 0 Å². The summed E-state index contributed by atoms with van der Waals surface area (Å²) in [6, 6.07) is 17.4. The summed E-state index contributed by atoms with van der Waals surface area (Å²) < 4.78 is 11.9. The maximum atomic E-state index is 5.96. The van der Waals surface area contributed by atoms with E-state index in [1.807, 2.05) is 0 Å². The predicted octanol–water partition coefficient (Wildman–Crippen LogP) is 3.96. The lowest BCUT2D eigenvalue weighted by atomic mass is 9.97. The first-order valence-electron chi connectivity index (χ1n) is 11.2. The fourth-order valence-electron chi connectivity index (χ4n) is 4.43. The van der Waals surface area contributed by atoms with E-state index < -0.39 is 0 Å². The van der Waals surface area contributed by atoms with Gasteiger partial charge in [0.2, 0.25) is 0 Å². The number of hydrogen-bond acceptors (Lipinski definition) is 4. The normalized spacial score (nSPS) is 20.8. The van der Waals surface area contributed by atoms with Gasteiger partial charge < -0.3 is 20.1 Å². The zero-order valence-electron chi connectivity index (χ0n) is 17.4. The van der Waals surface area contributed by atoms with Crippen molar-refractivity contribution in [2.45, 2.75) is 44.3 Å². The minimum atomic E-state index is 0.208. The third-order valence-electron chi connectivity index (χ3n) is 6.05. The molecule has 2 aromatic carbocycles. The van der Waals surface area contributed by atoms with Gasteiger partial charge in [-0.2, -0.15) is 0 Å². The van der Waals surface area contributed by atoms with E-state index in [2.05, 4.69) is 59.2 Å². The topological polar surface area (TPSA) is 42.5 Å². The summed E-state index contributed by atoms with van der Waals surface area (Å²) in [6.07, 6.45) is 6.15. The summed E-state index contributed by atoms with van der Waals surface area (Å²) in [5, 5.41) is 7.17. The van der Waals surface area contributed by atoms with Crippen LogP contribution in [0.1, 0.15) is 53.7 Å². The van der Waals surface area contributed by atoms with Gasteiger partial charge in [0.25, 0.3) is 0 Å². The van der Waals surface area contributed by atoms with Crippen LogP contribution >= 0.6 is 0 Å². The zero-order valence-corrected chi connectivity index (χ0v) is 17.4. The smallest absolute Gasteiger partial charge is 0.0952 e. The molecule has 2 heterocycles. The third kappa shape index (κ3) is 5.67. The number of benzene rings is 2. The summed E-state index contributed by atoms with van der Waals surface area (Å²) in [7, 11) is 0. The molecule has 2 aliphatic heterocycles. The third-order valence-corrected chi connectivity index (χ3v) is 6.05. The lowest BCUT2D eigenvalue weighted by Gasteiger charge is -2.26. The maximum Gasteiger partial charge on any atom is 0.0952 e. The molecule has 4 nitrogen and oxygen atoms in total. The van der Waals surface area contributed by atoms with Crippen molar-refractivity contribution in [2.24, 2.45) is 0 Å². The molecule has 2 aromatic rings. The van der Waals surface area contributed by atoms with Gasteiger partial charge in [0.1, 0.15) is 0 Å². The van der Waals surface area contributed by atoms with E-state index in [1.54, 1.807) is 0 Å². The Morgan fingerprint density at radius 3 is 1.66 bits per heavy atom. The number of fused-ring (bicyclic) bond motifs is 2. The van der Waals surface area contributed by atoms with E-state index in [1.165, 1.54) is 41.5 Å². The van der Waals surface area contributed by atoms with E-state index in [-0.39, 0.29) is 12.2 Å². The van der Waals surface area contributed by atoms with Crippen molar-refractivity contribution in [1.29, 1.82) is 0 Å². The average Bonchev–Trinajstić information content (AvgIpc) is 2.78. The summed E-state index contributed by atoms with van der Waals surface area (Å²) >= 11 is 0. The Hall–Kier alpha value is -1.72. The van der Waals surface area contributed by atoms with Crippen molar-refractivity contribution in [3.05, 3.63) is 70.8 Å². The maximum absolute atomic E-state index is 5.96. The Balaban J connectivity index is 1.06. The molecule has 2 N–H and O–H groups in total. The Kier molecular flexibility index (Phi) is 7.71. The minimum absolute atomic E-state index is 0.208. The molecule has 156 valence electrons. The van der Waals surface area contributed by atoms with Crippen LogP contribution in [-0.4, -0.2) is 39.4 Å². The van der Waals surface area contributed by atoms with Gasteiger partial charge in [-0.25, -0.2) is 0 Å². The Bertz CT molecular complexity index is 700. The molecule has 0 unspecified atom stereocenters.